The largest absolute Gasteiger partial charge is 0.493 e. The summed E-state index contributed by atoms with van der Waals surface area (Å²) in [5, 5.41) is 22.6. The Kier molecular flexibility index (Phi) is 7.50. The summed E-state index contributed by atoms with van der Waals surface area (Å²) in [5.41, 5.74) is 4.34. The van der Waals surface area contributed by atoms with Gasteiger partial charge in [0, 0.05) is 4.88 Å². The molecule has 7 heteroatoms. The molecule has 0 unspecified atom stereocenters. The summed E-state index contributed by atoms with van der Waals surface area (Å²) >= 11 is 1.43. The summed E-state index contributed by atoms with van der Waals surface area (Å²) < 4.78 is 11.4. The van der Waals surface area contributed by atoms with Gasteiger partial charge in [0.15, 0.2) is 11.5 Å². The maximum Gasteiger partial charge on any atom is 0.266 e. The number of nitriles is 2. The smallest absolute Gasteiger partial charge is 0.266 e. The number of carbonyl (C=O) groups is 1. The van der Waals surface area contributed by atoms with Crippen LogP contribution in [0.4, 0.5) is 5.00 Å². The average Bonchev–Trinajstić information content (AvgIpc) is 3.23. The molecule has 0 spiro atoms. The Morgan fingerprint density at radius 2 is 1.89 bits per heavy atom. The van der Waals surface area contributed by atoms with Gasteiger partial charge in [0.1, 0.15) is 29.3 Å². The first-order valence-corrected chi connectivity index (χ1v) is 12.2. The lowest BCUT2D eigenvalue weighted by molar-refractivity contribution is -0.112. The van der Waals surface area contributed by atoms with Crippen LogP contribution in [0.15, 0.2) is 48.0 Å². The van der Waals surface area contributed by atoms with Crippen LogP contribution in [0.5, 0.6) is 11.5 Å². The van der Waals surface area contributed by atoms with Crippen LogP contribution in [0.25, 0.3) is 6.08 Å². The summed E-state index contributed by atoms with van der Waals surface area (Å²) in [4.78, 5) is 14.0. The van der Waals surface area contributed by atoms with Crippen molar-refractivity contribution < 1.29 is 14.3 Å². The minimum Gasteiger partial charge on any atom is -0.493 e. The lowest BCUT2D eigenvalue weighted by Gasteiger charge is -2.12. The molecule has 1 aliphatic carbocycles. The van der Waals surface area contributed by atoms with Gasteiger partial charge in [-0.1, -0.05) is 35.9 Å². The second-order valence-electron chi connectivity index (χ2n) is 8.34. The second kappa shape index (κ2) is 10.9. The second-order valence-corrected chi connectivity index (χ2v) is 9.44. The molecule has 0 bridgehead atoms. The van der Waals surface area contributed by atoms with Gasteiger partial charge in [-0.3, -0.25) is 4.79 Å². The molecule has 2 aromatic carbocycles. The van der Waals surface area contributed by atoms with Gasteiger partial charge in [-0.15, -0.1) is 11.3 Å². The van der Waals surface area contributed by atoms with E-state index in [0.29, 0.717) is 34.2 Å². The number of amides is 1. The van der Waals surface area contributed by atoms with Gasteiger partial charge >= 0.3 is 0 Å². The summed E-state index contributed by atoms with van der Waals surface area (Å²) in [5.74, 6) is 0.526. The first kappa shape index (κ1) is 24.1. The van der Waals surface area contributed by atoms with Gasteiger partial charge in [0.25, 0.3) is 5.91 Å². The molecule has 0 fully saturated rings. The minimum absolute atomic E-state index is 0.0596. The minimum atomic E-state index is -0.540. The number of aryl methyl sites for hydroxylation is 2. The summed E-state index contributed by atoms with van der Waals surface area (Å²) in [6, 6.07) is 17.5. The normalized spacial score (nSPS) is 12.7. The number of thiophene rings is 1. The van der Waals surface area contributed by atoms with E-state index in [4.69, 9.17) is 9.47 Å². The van der Waals surface area contributed by atoms with E-state index in [9.17, 15) is 15.3 Å². The van der Waals surface area contributed by atoms with Crippen LogP contribution in [0, 0.1) is 29.6 Å². The van der Waals surface area contributed by atoms with Gasteiger partial charge in [-0.2, -0.15) is 10.5 Å². The fraction of sp³-hybridized carbons (Fsp3) is 0.250. The topological polar surface area (TPSA) is 95.1 Å². The van der Waals surface area contributed by atoms with Crippen molar-refractivity contribution in [2.75, 3.05) is 12.4 Å². The highest BCUT2D eigenvalue weighted by Gasteiger charge is 2.22. The predicted molar refractivity (Wildman–Crippen MR) is 136 cm³/mol. The molecule has 4 rings (SSSR count). The van der Waals surface area contributed by atoms with Crippen LogP contribution in [-0.4, -0.2) is 13.0 Å². The first-order chi connectivity index (χ1) is 17.0. The molecule has 1 N–H and O–H groups in total. The molecule has 0 atom stereocenters. The van der Waals surface area contributed by atoms with Crippen LogP contribution in [0.3, 0.4) is 0 Å². The highest BCUT2D eigenvalue weighted by atomic mass is 32.1. The average molecular weight is 484 g/mol. The lowest BCUT2D eigenvalue weighted by atomic mass is 9.96. The Morgan fingerprint density at radius 1 is 1.11 bits per heavy atom. The highest BCUT2D eigenvalue weighted by molar-refractivity contribution is 7.16. The van der Waals surface area contributed by atoms with Crippen LogP contribution < -0.4 is 14.8 Å². The Hall–Kier alpha value is -4.07. The van der Waals surface area contributed by atoms with E-state index in [2.05, 4.69) is 11.4 Å². The molecular formula is C28H25N3O3S. The maximum absolute atomic E-state index is 12.9. The molecule has 0 saturated heterocycles. The van der Waals surface area contributed by atoms with Crippen molar-refractivity contribution in [1.82, 2.24) is 0 Å². The van der Waals surface area contributed by atoms with E-state index in [0.717, 1.165) is 41.7 Å². The lowest BCUT2D eigenvalue weighted by Crippen LogP contribution is -2.13. The van der Waals surface area contributed by atoms with Crippen LogP contribution >= 0.6 is 11.3 Å². The number of nitrogens with one attached hydrogen (secondary N) is 1. The zero-order valence-electron chi connectivity index (χ0n) is 19.7. The van der Waals surface area contributed by atoms with Crippen molar-refractivity contribution in [2.45, 2.75) is 39.2 Å². The van der Waals surface area contributed by atoms with E-state index in [1.54, 1.807) is 25.3 Å². The molecule has 3 aromatic rings. The van der Waals surface area contributed by atoms with E-state index in [1.165, 1.54) is 23.0 Å². The monoisotopic (exact) mass is 483 g/mol. The molecule has 0 radical (unpaired) electrons. The molecule has 1 aliphatic rings. The van der Waals surface area contributed by atoms with Crippen molar-refractivity contribution in [2.24, 2.45) is 0 Å². The van der Waals surface area contributed by atoms with E-state index < -0.39 is 5.91 Å². The fourth-order valence-corrected chi connectivity index (χ4v) is 5.23. The molecule has 176 valence electrons. The van der Waals surface area contributed by atoms with Crippen molar-refractivity contribution in [3.63, 3.8) is 0 Å². The molecular weight excluding hydrogens is 458 g/mol. The number of rotatable bonds is 7. The first-order valence-electron chi connectivity index (χ1n) is 11.4. The molecule has 1 aromatic heterocycles. The van der Waals surface area contributed by atoms with Crippen molar-refractivity contribution >= 4 is 28.3 Å². The Labute approximate surface area is 209 Å². The van der Waals surface area contributed by atoms with Gasteiger partial charge < -0.3 is 14.8 Å². The zero-order valence-corrected chi connectivity index (χ0v) is 20.5. The molecule has 35 heavy (non-hydrogen) atoms. The van der Waals surface area contributed by atoms with E-state index in [-0.39, 0.29) is 5.57 Å². The quantitative estimate of drug-likeness (QED) is 0.331. The number of hydrogen-bond acceptors (Lipinski definition) is 6. The molecule has 1 heterocycles. The Balaban J connectivity index is 1.51. The Bertz CT molecular complexity index is 1360. The van der Waals surface area contributed by atoms with E-state index in [1.807, 2.05) is 37.3 Å². The fourth-order valence-electron chi connectivity index (χ4n) is 4.00. The number of ether oxygens (including phenoxy) is 2. The standard InChI is InChI=1S/C28H25N3O3S/c1-18-7-9-19(10-8-18)17-34-24-12-11-20(14-25(24)33-2)13-21(15-29)27(32)31-28-23(16-30)22-5-3-4-6-26(22)35-28/h7-14H,3-6,17H2,1-2H3,(H,31,32)/b21-13+. The van der Waals surface area contributed by atoms with Gasteiger partial charge in [0.2, 0.25) is 0 Å². The number of nitrogens with zero attached hydrogens (tertiary/aromatic N) is 2. The maximum atomic E-state index is 12.9. The number of carbonyl (C=O) groups excluding carboxylic acids is 1. The van der Waals surface area contributed by atoms with Crippen LogP contribution in [-0.2, 0) is 24.2 Å². The number of fused-ring (bicyclic) bond motifs is 1. The number of methoxy groups -OCH3 is 1. The number of benzene rings is 2. The summed E-state index contributed by atoms with van der Waals surface area (Å²) in [6.45, 7) is 2.43. The van der Waals surface area contributed by atoms with Crippen molar-refractivity contribution in [3.8, 4) is 23.6 Å². The van der Waals surface area contributed by atoms with Crippen LogP contribution in [0.1, 0.15) is 45.5 Å². The summed E-state index contributed by atoms with van der Waals surface area (Å²) in [7, 11) is 1.54. The third-order valence-corrected chi connectivity index (χ3v) is 7.10. The van der Waals surface area contributed by atoms with Crippen molar-refractivity contribution in [3.05, 3.63) is 80.7 Å². The third kappa shape index (κ3) is 5.54. The number of hydrogen-bond donors (Lipinski definition) is 1. The third-order valence-electron chi connectivity index (χ3n) is 5.89. The molecule has 0 saturated carbocycles. The molecule has 6 nitrogen and oxygen atoms in total. The highest BCUT2D eigenvalue weighted by Crippen LogP contribution is 2.38. The summed E-state index contributed by atoms with van der Waals surface area (Å²) in [6.07, 6.45) is 5.40. The SMILES string of the molecule is COc1cc(/C=C(\C#N)C(=O)Nc2sc3c(c2C#N)CCCC3)ccc1OCc1ccc(C)cc1. The van der Waals surface area contributed by atoms with Gasteiger partial charge in [-0.05, 0) is 67.5 Å². The number of anilines is 1. The van der Waals surface area contributed by atoms with Crippen LogP contribution in [0.2, 0.25) is 0 Å². The molecule has 1 amide bonds. The van der Waals surface area contributed by atoms with Crippen molar-refractivity contribution in [1.29, 1.82) is 10.5 Å². The van der Waals surface area contributed by atoms with E-state index >= 15 is 0 Å². The van der Waals surface area contributed by atoms with Gasteiger partial charge in [-0.25, -0.2) is 0 Å². The van der Waals surface area contributed by atoms with Gasteiger partial charge in [0.05, 0.1) is 12.7 Å². The zero-order chi connectivity index (χ0) is 24.8. The Morgan fingerprint density at radius 3 is 2.60 bits per heavy atom. The molecule has 0 aliphatic heterocycles. The predicted octanol–water partition coefficient (Wildman–Crippen LogP) is 5.94.